The summed E-state index contributed by atoms with van der Waals surface area (Å²) in [5.41, 5.74) is 5.96. The number of H-pyrrole nitrogens is 1. The number of benzene rings is 1. The number of nitrogens with zero attached hydrogens (tertiary/aromatic N) is 2. The Bertz CT molecular complexity index is 847. The number of thiocarbonyl (C=S) groups is 1. The molecule has 0 unspecified atom stereocenters. The van der Waals surface area contributed by atoms with Gasteiger partial charge in [-0.1, -0.05) is 30.3 Å². The van der Waals surface area contributed by atoms with Crippen LogP contribution in [-0.2, 0) is 11.3 Å². The first-order chi connectivity index (χ1) is 12.0. The summed E-state index contributed by atoms with van der Waals surface area (Å²) in [6.07, 6.45) is 0. The van der Waals surface area contributed by atoms with Gasteiger partial charge in [-0.2, -0.15) is 0 Å². The maximum atomic E-state index is 12.2. The first-order valence-corrected chi connectivity index (χ1v) is 8.03. The molecule has 1 aromatic carbocycles. The Morgan fingerprint density at radius 2 is 2.04 bits per heavy atom. The number of aromatic amines is 1. The van der Waals surface area contributed by atoms with Gasteiger partial charge < -0.3 is 20.7 Å². The quantitative estimate of drug-likeness (QED) is 0.495. The topological polar surface area (TPSA) is 105 Å². The maximum absolute atomic E-state index is 12.2. The zero-order chi connectivity index (χ0) is 18.4. The molecule has 8 nitrogen and oxygen atoms in total. The summed E-state index contributed by atoms with van der Waals surface area (Å²) in [4.78, 5) is 28.1. The summed E-state index contributed by atoms with van der Waals surface area (Å²) in [6, 6.07) is 9.36. The van der Waals surface area contributed by atoms with Crippen LogP contribution >= 0.6 is 12.2 Å². The maximum Gasteiger partial charge on any atom is 0.330 e. The van der Waals surface area contributed by atoms with E-state index >= 15 is 0 Å². The number of hydrogen-bond donors (Lipinski definition) is 3. The Balaban J connectivity index is 2.35. The summed E-state index contributed by atoms with van der Waals surface area (Å²) in [6.45, 7) is 1.20. The number of nitrogens with one attached hydrogen (secondary N) is 2. The summed E-state index contributed by atoms with van der Waals surface area (Å²) in [5.74, 6) is 0.0518. The number of rotatable bonds is 6. The lowest BCUT2D eigenvalue weighted by atomic mass is 10.2. The monoisotopic (exact) mass is 363 g/mol. The van der Waals surface area contributed by atoms with Gasteiger partial charge in [0, 0.05) is 20.7 Å². The lowest BCUT2D eigenvalue weighted by molar-refractivity contribution is 0.204. The van der Waals surface area contributed by atoms with Crippen molar-refractivity contribution in [2.75, 3.05) is 37.9 Å². The van der Waals surface area contributed by atoms with Crippen molar-refractivity contribution >= 4 is 28.8 Å². The zero-order valence-electron chi connectivity index (χ0n) is 14.1. The third-order valence-corrected chi connectivity index (χ3v) is 4.04. The van der Waals surface area contributed by atoms with Crippen molar-refractivity contribution in [3.05, 3.63) is 56.7 Å². The fourth-order valence-corrected chi connectivity index (χ4v) is 2.50. The molecule has 9 heteroatoms. The second kappa shape index (κ2) is 8.45. The lowest BCUT2D eigenvalue weighted by Crippen LogP contribution is -2.44. The molecule has 0 bridgehead atoms. The van der Waals surface area contributed by atoms with E-state index in [1.165, 1.54) is 9.47 Å². The van der Waals surface area contributed by atoms with Gasteiger partial charge >= 0.3 is 5.69 Å². The molecule has 134 valence electrons. The molecule has 1 heterocycles. The van der Waals surface area contributed by atoms with E-state index in [9.17, 15) is 9.59 Å². The van der Waals surface area contributed by atoms with Crippen molar-refractivity contribution in [1.82, 2.24) is 14.9 Å². The Kier molecular flexibility index (Phi) is 6.31. The third-order valence-electron chi connectivity index (χ3n) is 3.62. The van der Waals surface area contributed by atoms with Crippen molar-refractivity contribution in [1.29, 1.82) is 0 Å². The van der Waals surface area contributed by atoms with Crippen LogP contribution in [0.2, 0.25) is 0 Å². The van der Waals surface area contributed by atoms with E-state index < -0.39 is 11.2 Å². The van der Waals surface area contributed by atoms with Crippen LogP contribution in [0.25, 0.3) is 0 Å². The minimum Gasteiger partial charge on any atom is -0.383 e. The molecule has 0 radical (unpaired) electrons. The van der Waals surface area contributed by atoms with Crippen LogP contribution in [0.1, 0.15) is 5.56 Å². The largest absolute Gasteiger partial charge is 0.383 e. The highest BCUT2D eigenvalue weighted by Gasteiger charge is 2.18. The van der Waals surface area contributed by atoms with Crippen molar-refractivity contribution in [2.24, 2.45) is 0 Å². The molecule has 0 saturated carbocycles. The van der Waals surface area contributed by atoms with Crippen LogP contribution in [0.4, 0.5) is 11.5 Å². The highest BCUT2D eigenvalue weighted by molar-refractivity contribution is 7.80. The van der Waals surface area contributed by atoms with Gasteiger partial charge in [-0.05, 0) is 17.8 Å². The van der Waals surface area contributed by atoms with E-state index in [4.69, 9.17) is 22.7 Å². The minimum atomic E-state index is -0.592. The highest BCUT2D eigenvalue weighted by atomic mass is 32.1. The number of nitrogen functional groups attached to an aromatic ring is 1. The first kappa shape index (κ1) is 18.7. The van der Waals surface area contributed by atoms with Gasteiger partial charge in [0.05, 0.1) is 13.2 Å². The molecule has 0 amide bonds. The molecule has 0 saturated heterocycles. The zero-order valence-corrected chi connectivity index (χ0v) is 14.9. The van der Waals surface area contributed by atoms with E-state index in [1.54, 1.807) is 14.2 Å². The third kappa shape index (κ3) is 4.46. The molecule has 0 atom stereocenters. The molecule has 0 spiro atoms. The van der Waals surface area contributed by atoms with E-state index in [1.807, 2.05) is 30.3 Å². The normalized spacial score (nSPS) is 10.5. The second-order valence-corrected chi connectivity index (χ2v) is 5.74. The average molecular weight is 363 g/mol. The van der Waals surface area contributed by atoms with Crippen molar-refractivity contribution in [2.45, 2.75) is 6.54 Å². The SMILES string of the molecule is COCCNC(=S)N(C)c1c(N)n(Cc2ccccc2)c(=O)[nH]c1=O. The van der Waals surface area contributed by atoms with Gasteiger partial charge in [-0.25, -0.2) is 4.79 Å². The first-order valence-electron chi connectivity index (χ1n) is 7.62. The molecule has 0 aliphatic rings. The number of hydrogen-bond acceptors (Lipinski definition) is 5. The summed E-state index contributed by atoms with van der Waals surface area (Å²) >= 11 is 5.26. The van der Waals surface area contributed by atoms with Gasteiger partial charge in [-0.15, -0.1) is 0 Å². The van der Waals surface area contributed by atoms with E-state index in [2.05, 4.69) is 10.3 Å². The van der Waals surface area contributed by atoms with E-state index in [0.29, 0.717) is 18.3 Å². The van der Waals surface area contributed by atoms with Crippen LogP contribution in [0.15, 0.2) is 39.9 Å². The summed E-state index contributed by atoms with van der Waals surface area (Å²) < 4.78 is 6.25. The van der Waals surface area contributed by atoms with Crippen molar-refractivity contribution < 1.29 is 4.74 Å². The van der Waals surface area contributed by atoms with Crippen LogP contribution in [0, 0.1) is 0 Å². The van der Waals surface area contributed by atoms with Gasteiger partial charge in [0.1, 0.15) is 11.5 Å². The smallest absolute Gasteiger partial charge is 0.330 e. The number of methoxy groups -OCH3 is 1. The standard InChI is InChI=1S/C16H21N5O3S/c1-20(16(25)18-8-9-24-2)12-13(17)21(15(23)19-14(12)22)10-11-6-4-3-5-7-11/h3-7H,8-10,17H2,1-2H3,(H,18,25)(H,19,22,23). The molecule has 0 fully saturated rings. The summed E-state index contributed by atoms with van der Waals surface area (Å²) in [7, 11) is 3.19. The predicted octanol–water partition coefficient (Wildman–Crippen LogP) is 0.124. The number of ether oxygens (including phenoxy) is 1. The predicted molar refractivity (Wildman–Crippen MR) is 102 cm³/mol. The summed E-state index contributed by atoms with van der Waals surface area (Å²) in [5, 5.41) is 3.26. The van der Waals surface area contributed by atoms with E-state index in [0.717, 1.165) is 5.56 Å². The number of anilines is 2. The molecule has 0 aliphatic carbocycles. The van der Waals surface area contributed by atoms with Crippen molar-refractivity contribution in [3.63, 3.8) is 0 Å². The number of nitrogens with two attached hydrogens (primary N) is 1. The number of aromatic nitrogens is 2. The van der Waals surface area contributed by atoms with Gasteiger partial charge in [0.15, 0.2) is 5.11 Å². The molecule has 25 heavy (non-hydrogen) atoms. The molecule has 1 aromatic heterocycles. The lowest BCUT2D eigenvalue weighted by Gasteiger charge is -2.23. The average Bonchev–Trinajstić information content (AvgIpc) is 2.59. The molecule has 4 N–H and O–H groups in total. The Morgan fingerprint density at radius 1 is 1.36 bits per heavy atom. The van der Waals surface area contributed by atoms with Crippen LogP contribution in [-0.4, -0.2) is 42.0 Å². The molecular weight excluding hydrogens is 342 g/mol. The van der Waals surface area contributed by atoms with E-state index in [-0.39, 0.29) is 18.1 Å². The highest BCUT2D eigenvalue weighted by Crippen LogP contribution is 2.16. The fourth-order valence-electron chi connectivity index (χ4n) is 2.30. The van der Waals surface area contributed by atoms with Crippen LogP contribution in [0.3, 0.4) is 0 Å². The minimum absolute atomic E-state index is 0.0518. The molecule has 2 rings (SSSR count). The molecule has 0 aliphatic heterocycles. The van der Waals surface area contributed by atoms with Gasteiger partial charge in [-0.3, -0.25) is 14.3 Å². The van der Waals surface area contributed by atoms with Crippen LogP contribution < -0.4 is 27.2 Å². The van der Waals surface area contributed by atoms with Crippen LogP contribution in [0.5, 0.6) is 0 Å². The Morgan fingerprint density at radius 3 is 2.68 bits per heavy atom. The second-order valence-electron chi connectivity index (χ2n) is 5.35. The van der Waals surface area contributed by atoms with Gasteiger partial charge in [0.25, 0.3) is 5.56 Å². The van der Waals surface area contributed by atoms with Crippen molar-refractivity contribution in [3.8, 4) is 0 Å². The molecular formula is C16H21N5O3S. The Hall–Kier alpha value is -2.65. The molecule has 2 aromatic rings. The van der Waals surface area contributed by atoms with Gasteiger partial charge in [0.2, 0.25) is 0 Å². The Labute approximate surface area is 150 Å². The fraction of sp³-hybridized carbons (Fsp3) is 0.312.